The zero-order chi connectivity index (χ0) is 45.8. The van der Waals surface area contributed by atoms with Crippen LogP contribution in [0.3, 0.4) is 0 Å². The van der Waals surface area contributed by atoms with Crippen LogP contribution in [0.15, 0.2) is 24.3 Å². The molecule has 0 aromatic heterocycles. The third kappa shape index (κ3) is 49.6. The van der Waals surface area contributed by atoms with Crippen molar-refractivity contribution in [1.29, 1.82) is 0 Å². The number of esters is 1. The lowest BCUT2D eigenvalue weighted by molar-refractivity contribution is -0.143. The molecule has 0 bridgehead atoms. The van der Waals surface area contributed by atoms with E-state index in [0.29, 0.717) is 25.9 Å². The highest BCUT2D eigenvalue weighted by Crippen LogP contribution is 2.16. The minimum Gasteiger partial charge on any atom is -0.466 e. The molecule has 0 aromatic carbocycles. The molecule has 2 unspecified atom stereocenters. The topological polar surface area (TPSA) is 95.9 Å². The Hall–Kier alpha value is -1.66. The maximum absolute atomic E-state index is 12.4. The van der Waals surface area contributed by atoms with E-state index in [1.54, 1.807) is 0 Å². The summed E-state index contributed by atoms with van der Waals surface area (Å²) in [6.07, 6.45) is 63.1. The van der Waals surface area contributed by atoms with Gasteiger partial charge < -0.3 is 20.3 Å². The van der Waals surface area contributed by atoms with Crippen LogP contribution in [0.4, 0.5) is 0 Å². The minimum absolute atomic E-state index is 0.00114. The van der Waals surface area contributed by atoms with Gasteiger partial charge in [0.2, 0.25) is 5.91 Å². The smallest absolute Gasteiger partial charge is 0.305 e. The van der Waals surface area contributed by atoms with Crippen molar-refractivity contribution in [1.82, 2.24) is 5.32 Å². The van der Waals surface area contributed by atoms with E-state index in [1.165, 1.54) is 225 Å². The van der Waals surface area contributed by atoms with Gasteiger partial charge in [-0.2, -0.15) is 0 Å². The molecule has 0 fully saturated rings. The number of ether oxygens (including phenoxy) is 1. The second kappa shape index (κ2) is 53.0. The molecule has 0 aliphatic carbocycles. The Labute approximate surface area is 392 Å². The van der Waals surface area contributed by atoms with Crippen molar-refractivity contribution in [2.24, 2.45) is 0 Å². The molecule has 0 rings (SSSR count). The summed E-state index contributed by atoms with van der Waals surface area (Å²) >= 11 is 0. The summed E-state index contributed by atoms with van der Waals surface area (Å²) in [6.45, 7) is 4.93. The number of carbonyl (C=O) groups excluding carboxylic acids is 2. The number of aliphatic hydroxyl groups excluding tert-OH is 2. The SMILES string of the molecule is CCCCCC/C=C\CCCCCCCC(=O)OCCCCCCCCCCCC/C=C\CCCCCCCCCC(=O)NC(CO)C(O)CCCCCCCCCCCCCC. The van der Waals surface area contributed by atoms with E-state index < -0.39 is 12.1 Å². The normalized spacial score (nSPS) is 12.8. The van der Waals surface area contributed by atoms with E-state index in [-0.39, 0.29) is 18.5 Å². The number of hydrogen-bond acceptors (Lipinski definition) is 5. The van der Waals surface area contributed by atoms with Crippen LogP contribution < -0.4 is 5.32 Å². The molecule has 1 amide bonds. The zero-order valence-corrected chi connectivity index (χ0v) is 42.3. The molecule has 0 saturated carbocycles. The quantitative estimate of drug-likeness (QED) is 0.0321. The van der Waals surface area contributed by atoms with Gasteiger partial charge in [0.1, 0.15) is 0 Å². The fourth-order valence-corrected chi connectivity index (χ4v) is 8.63. The van der Waals surface area contributed by atoms with Crippen LogP contribution in [-0.2, 0) is 14.3 Å². The number of rotatable bonds is 52. The maximum Gasteiger partial charge on any atom is 0.305 e. The van der Waals surface area contributed by atoms with Crippen molar-refractivity contribution in [2.75, 3.05) is 13.2 Å². The van der Waals surface area contributed by atoms with Crippen LogP contribution in [0.2, 0.25) is 0 Å². The minimum atomic E-state index is -0.668. The predicted octanol–water partition coefficient (Wildman–Crippen LogP) is 17.1. The van der Waals surface area contributed by atoms with Crippen LogP contribution in [0.1, 0.15) is 303 Å². The fourth-order valence-electron chi connectivity index (χ4n) is 8.63. The summed E-state index contributed by atoms with van der Waals surface area (Å²) in [4.78, 5) is 24.4. The number of nitrogens with one attached hydrogen (secondary N) is 1. The molecule has 0 aliphatic heterocycles. The summed E-state index contributed by atoms with van der Waals surface area (Å²) < 4.78 is 5.46. The molecule has 2 atom stereocenters. The second-order valence-electron chi connectivity index (χ2n) is 19.3. The van der Waals surface area contributed by atoms with E-state index in [0.717, 1.165) is 44.9 Å². The standard InChI is InChI=1S/C57H109NO5/c1-3-5-7-9-11-13-15-26-31-35-39-43-47-51-57(62)63-52-48-44-40-36-32-28-25-23-21-19-17-18-20-22-24-27-30-34-38-42-46-50-56(61)58-54(53-59)55(60)49-45-41-37-33-29-16-14-12-10-8-6-4-2/h13,15,18,20,54-55,59-60H,3-12,14,16-17,19,21-53H2,1-2H3,(H,58,61)/b15-13-,20-18-. The number of carbonyl (C=O) groups is 2. The molecule has 0 aliphatic rings. The molecule has 372 valence electrons. The van der Waals surface area contributed by atoms with E-state index in [4.69, 9.17) is 4.74 Å². The summed E-state index contributed by atoms with van der Waals surface area (Å²) in [5, 5.41) is 23.2. The Bertz CT molecular complexity index is 982. The third-order valence-corrected chi connectivity index (χ3v) is 13.0. The van der Waals surface area contributed by atoms with E-state index in [1.807, 2.05) is 0 Å². The lowest BCUT2D eigenvalue weighted by atomic mass is 10.0. The van der Waals surface area contributed by atoms with Crippen molar-refractivity contribution in [3.63, 3.8) is 0 Å². The van der Waals surface area contributed by atoms with Crippen molar-refractivity contribution in [2.45, 2.75) is 315 Å². The summed E-state index contributed by atoms with van der Waals surface area (Å²) in [7, 11) is 0. The molecule has 0 saturated heterocycles. The van der Waals surface area contributed by atoms with Gasteiger partial charge in [0, 0.05) is 12.8 Å². The van der Waals surface area contributed by atoms with Gasteiger partial charge in [-0.05, 0) is 77.0 Å². The average molecular weight is 889 g/mol. The molecular weight excluding hydrogens is 779 g/mol. The lowest BCUT2D eigenvalue weighted by Crippen LogP contribution is -2.45. The number of amides is 1. The van der Waals surface area contributed by atoms with Crippen molar-refractivity contribution in [3.8, 4) is 0 Å². The maximum atomic E-state index is 12.4. The Balaban J connectivity index is 3.42. The lowest BCUT2D eigenvalue weighted by Gasteiger charge is -2.22. The van der Waals surface area contributed by atoms with Crippen LogP contribution >= 0.6 is 0 Å². The van der Waals surface area contributed by atoms with Crippen LogP contribution in [0.25, 0.3) is 0 Å². The van der Waals surface area contributed by atoms with Gasteiger partial charge in [-0.15, -0.1) is 0 Å². The number of allylic oxidation sites excluding steroid dienone is 4. The highest BCUT2D eigenvalue weighted by Gasteiger charge is 2.20. The van der Waals surface area contributed by atoms with E-state index in [2.05, 4.69) is 43.5 Å². The molecule has 0 radical (unpaired) electrons. The number of unbranched alkanes of at least 4 members (excludes halogenated alkanes) is 37. The van der Waals surface area contributed by atoms with Crippen LogP contribution in [-0.4, -0.2) is 47.4 Å². The van der Waals surface area contributed by atoms with Crippen molar-refractivity contribution < 1.29 is 24.5 Å². The Morgan fingerprint density at radius 2 is 0.746 bits per heavy atom. The van der Waals surface area contributed by atoms with E-state index in [9.17, 15) is 19.8 Å². The van der Waals surface area contributed by atoms with Gasteiger partial charge in [-0.3, -0.25) is 9.59 Å². The monoisotopic (exact) mass is 888 g/mol. The molecule has 6 heteroatoms. The van der Waals surface area contributed by atoms with Crippen LogP contribution in [0.5, 0.6) is 0 Å². The number of aliphatic hydroxyl groups is 2. The third-order valence-electron chi connectivity index (χ3n) is 13.0. The predicted molar refractivity (Wildman–Crippen MR) is 273 cm³/mol. The first kappa shape index (κ1) is 61.3. The summed E-state index contributed by atoms with van der Waals surface area (Å²) in [5.41, 5.74) is 0. The number of hydrogen-bond donors (Lipinski definition) is 3. The van der Waals surface area contributed by atoms with Gasteiger partial charge in [0.25, 0.3) is 0 Å². The largest absolute Gasteiger partial charge is 0.466 e. The molecular formula is C57H109NO5. The molecule has 0 aromatic rings. The fraction of sp³-hybridized carbons (Fsp3) is 0.895. The molecule has 0 heterocycles. The summed E-state index contributed by atoms with van der Waals surface area (Å²) in [6, 6.07) is -0.546. The molecule has 63 heavy (non-hydrogen) atoms. The molecule has 3 N–H and O–H groups in total. The highest BCUT2D eigenvalue weighted by atomic mass is 16.5. The molecule has 6 nitrogen and oxygen atoms in total. The van der Waals surface area contributed by atoms with Gasteiger partial charge >= 0.3 is 5.97 Å². The first-order valence-corrected chi connectivity index (χ1v) is 28.1. The molecule has 0 spiro atoms. The zero-order valence-electron chi connectivity index (χ0n) is 42.3. The van der Waals surface area contributed by atoms with E-state index >= 15 is 0 Å². The Morgan fingerprint density at radius 3 is 1.14 bits per heavy atom. The van der Waals surface area contributed by atoms with Crippen LogP contribution in [0, 0.1) is 0 Å². The Kier molecular flexibility index (Phi) is 51.6. The van der Waals surface area contributed by atoms with Gasteiger partial charge in [-0.1, -0.05) is 237 Å². The Morgan fingerprint density at radius 1 is 0.429 bits per heavy atom. The van der Waals surface area contributed by atoms with Gasteiger partial charge in [0.15, 0.2) is 0 Å². The summed E-state index contributed by atoms with van der Waals surface area (Å²) in [5.74, 6) is -0.0442. The van der Waals surface area contributed by atoms with Gasteiger partial charge in [0.05, 0.1) is 25.4 Å². The average Bonchev–Trinajstić information content (AvgIpc) is 3.28. The second-order valence-corrected chi connectivity index (χ2v) is 19.3. The van der Waals surface area contributed by atoms with Gasteiger partial charge in [-0.25, -0.2) is 0 Å². The first-order valence-electron chi connectivity index (χ1n) is 28.1. The van der Waals surface area contributed by atoms with Crippen molar-refractivity contribution in [3.05, 3.63) is 24.3 Å². The first-order chi connectivity index (χ1) is 31.0. The van der Waals surface area contributed by atoms with Crippen molar-refractivity contribution >= 4 is 11.9 Å². The highest BCUT2D eigenvalue weighted by molar-refractivity contribution is 5.76.